The van der Waals surface area contributed by atoms with Gasteiger partial charge >= 0.3 is 5.97 Å². The van der Waals surface area contributed by atoms with Gasteiger partial charge in [-0.1, -0.05) is 0 Å². The highest BCUT2D eigenvalue weighted by molar-refractivity contribution is 7.43. The minimum Gasteiger partial charge on any atom is -0.790 e. The number of phosphoric acid groups is 1. The molecule has 39 nitrogen and oxygen atoms in total. The van der Waals surface area contributed by atoms with Crippen molar-refractivity contribution in [2.24, 2.45) is 0 Å². The summed E-state index contributed by atoms with van der Waals surface area (Å²) in [6.45, 7) is -6.40. The standard InChI is InChI=1S/C40H69O37P.HO2P/c41-4-10-17(45)26(54)33(76-37-29(57)24(52)20(48)14(73-37)8-67-60)39(69-10)66-6-12-19(47)23(51)28(56)35(71-12)65-7-13-22(50)32(31(59)36(72-13)64-3-1-2-16(43)44)75-40-34(27(55)18(46)11(5-42)70-40)77-38-30(58)25(53)21(49)15(74-38)9-68-78(61,62)63;1-3-2/h10-15,17-42,45-60H,1-9H2,(H,43,44)(H2,61,62,63);(H,1,2)/p-4/t10?,11?,12?,13?,14?,15?,17-,18-,19-,20-,21-,22-,23+,24+,25+,26+,27+,28?,29?,30?,31?,32+,33?,34?,35+,36-,37+,38-,39+,40+;/m1./s1. The van der Waals surface area contributed by atoms with Crippen LogP contribution >= 0.6 is 16.5 Å². The van der Waals surface area contributed by atoms with E-state index in [2.05, 4.69) is 9.41 Å². The Morgan fingerprint density at radius 3 is 1.26 bits per heavy atom. The first-order valence-corrected chi connectivity index (χ1v) is 26.6. The molecule has 0 aliphatic carbocycles. The van der Waals surface area contributed by atoms with Crippen LogP contribution in [0.15, 0.2) is 0 Å². The summed E-state index contributed by atoms with van der Waals surface area (Å²) in [5.74, 6) is -1.25. The molecule has 30 atom stereocenters. The Morgan fingerprint density at radius 2 is 0.802 bits per heavy atom. The second-order valence-electron chi connectivity index (χ2n) is 18.9. The van der Waals surface area contributed by atoms with Crippen LogP contribution in [0.1, 0.15) is 12.8 Å². The summed E-state index contributed by atoms with van der Waals surface area (Å²) < 4.78 is 91.0. The molecule has 81 heavy (non-hydrogen) atoms. The summed E-state index contributed by atoms with van der Waals surface area (Å²) in [5.41, 5.74) is 0. The SMILES string of the molecule is O=C(O)CCCO[C@@H]1OC(CO[C@H]2OC(CO[C@H]3OC(CO)[C@@H](O)[C@H](O)C3O[C@@H]3OC(CO[O-])[C@@H](O)[C@H](O)C3O)[C@@H](O)[C@H](O)C2O)[C@@H](O)[C@H](O[C@@H]2OC(CO)[C@@H](O)[C@H](O)C2O[C@H]2OC(COP(=O)([O-])[O-])[C@@H](O)[C@H](O)C2O)C1O.O=P[O-]. The van der Waals surface area contributed by atoms with E-state index in [0.29, 0.717) is 0 Å². The molecule has 18 N–H and O–H groups in total. The highest BCUT2D eigenvalue weighted by Crippen LogP contribution is 2.36. The minimum atomic E-state index is -5.71. The minimum absolute atomic E-state index is 0.189. The van der Waals surface area contributed by atoms with E-state index in [1.165, 1.54) is 0 Å². The molecule has 6 aliphatic rings. The summed E-state index contributed by atoms with van der Waals surface area (Å²) in [5, 5.41) is 202. The van der Waals surface area contributed by atoms with Gasteiger partial charge < -0.3 is 183 Å². The molecule has 474 valence electrons. The molecule has 6 aliphatic heterocycles. The van der Waals surface area contributed by atoms with E-state index in [1.54, 1.807) is 0 Å². The number of carboxylic acids is 1. The fourth-order valence-corrected chi connectivity index (χ4v) is 9.34. The van der Waals surface area contributed by atoms with Crippen LogP contribution in [0.25, 0.3) is 0 Å². The van der Waals surface area contributed by atoms with Crippen molar-refractivity contribution >= 4 is 22.5 Å². The van der Waals surface area contributed by atoms with E-state index in [9.17, 15) is 111 Å². The topological polar surface area (TPSA) is 637 Å². The third kappa shape index (κ3) is 17.8. The molecule has 0 saturated carbocycles. The number of carboxylic acid groups (broad SMARTS) is 1. The van der Waals surface area contributed by atoms with Crippen LogP contribution in [0.2, 0.25) is 0 Å². The average molecular weight is 1230 g/mol. The van der Waals surface area contributed by atoms with E-state index in [0.717, 1.165) is 0 Å². The Labute approximate surface area is 457 Å². The zero-order valence-electron chi connectivity index (χ0n) is 41.7. The summed E-state index contributed by atoms with van der Waals surface area (Å²) in [6.07, 6.45) is -60.9. The van der Waals surface area contributed by atoms with Crippen LogP contribution in [0.3, 0.4) is 0 Å². The number of hydrogen-bond acceptors (Lipinski definition) is 38. The molecule has 0 aromatic heterocycles. The van der Waals surface area contributed by atoms with Crippen LogP contribution in [0.4, 0.5) is 0 Å². The third-order valence-corrected chi connectivity index (χ3v) is 13.9. The Hall–Kier alpha value is -1.60. The van der Waals surface area contributed by atoms with Gasteiger partial charge in [-0.25, -0.2) is 0 Å². The first-order valence-electron chi connectivity index (χ1n) is 24.4. The lowest BCUT2D eigenvalue weighted by molar-refractivity contribution is -0.692. The molecule has 0 amide bonds. The summed E-state index contributed by atoms with van der Waals surface area (Å²) >= 11 is 0. The highest BCUT2D eigenvalue weighted by atomic mass is 31.2. The molecule has 12 unspecified atom stereocenters. The van der Waals surface area contributed by atoms with Gasteiger partial charge in [-0.05, 0) is 6.42 Å². The lowest BCUT2D eigenvalue weighted by atomic mass is 9.96. The van der Waals surface area contributed by atoms with Gasteiger partial charge in [-0.15, -0.1) is 0 Å². The number of aliphatic carboxylic acids is 1. The third-order valence-electron chi connectivity index (χ3n) is 13.5. The Morgan fingerprint density at radius 1 is 0.444 bits per heavy atom. The monoisotopic (exact) mass is 1230 g/mol. The lowest BCUT2D eigenvalue weighted by Gasteiger charge is -2.49. The Bertz CT molecular complexity index is 1930. The summed E-state index contributed by atoms with van der Waals surface area (Å²) in [6, 6.07) is 0. The molecule has 6 saturated heterocycles. The van der Waals surface area contributed by atoms with E-state index >= 15 is 0 Å². The lowest BCUT2D eigenvalue weighted by Crippen LogP contribution is -2.67. The fourth-order valence-electron chi connectivity index (χ4n) is 9.01. The smallest absolute Gasteiger partial charge is 0.303 e. The van der Waals surface area contributed by atoms with Gasteiger partial charge in [0.05, 0.1) is 62.8 Å². The zero-order valence-corrected chi connectivity index (χ0v) is 43.5. The molecular weight excluding hydrogens is 1170 g/mol. The normalized spacial score (nSPS) is 46.2. The van der Waals surface area contributed by atoms with Gasteiger partial charge in [0.2, 0.25) is 0 Å². The van der Waals surface area contributed by atoms with E-state index in [4.69, 9.17) is 71.4 Å². The van der Waals surface area contributed by atoms with Gasteiger partial charge in [0.15, 0.2) is 37.7 Å². The molecule has 0 spiro atoms. The van der Waals surface area contributed by atoms with Gasteiger partial charge in [-0.2, -0.15) is 0 Å². The predicted octanol–water partition coefficient (Wildman–Crippen LogP) is -15.5. The van der Waals surface area contributed by atoms with Crippen molar-refractivity contribution in [3.63, 3.8) is 0 Å². The van der Waals surface area contributed by atoms with E-state index in [1.807, 2.05) is 0 Å². The van der Waals surface area contributed by atoms with Crippen LogP contribution in [0.5, 0.6) is 0 Å². The average Bonchev–Trinajstić information content (AvgIpc) is 3.54. The largest absolute Gasteiger partial charge is 0.790 e. The molecule has 0 aromatic carbocycles. The molecule has 6 fully saturated rings. The van der Waals surface area contributed by atoms with Crippen LogP contribution in [-0.2, 0) is 80.2 Å². The number of aliphatic hydroxyl groups excluding tert-OH is 17. The second kappa shape index (κ2) is 31.9. The number of phosphoric ester groups is 1. The van der Waals surface area contributed by atoms with Crippen molar-refractivity contribution in [2.75, 3.05) is 46.2 Å². The highest BCUT2D eigenvalue weighted by Gasteiger charge is 2.56. The maximum Gasteiger partial charge on any atom is 0.303 e. The van der Waals surface area contributed by atoms with Crippen molar-refractivity contribution in [1.82, 2.24) is 0 Å². The van der Waals surface area contributed by atoms with Gasteiger partial charge in [0.25, 0.3) is 0 Å². The van der Waals surface area contributed by atoms with Crippen molar-refractivity contribution in [3.8, 4) is 0 Å². The van der Waals surface area contributed by atoms with Crippen molar-refractivity contribution < 1.29 is 192 Å². The molecule has 0 aromatic rings. The van der Waals surface area contributed by atoms with Gasteiger partial charge in [-0.3, -0.25) is 9.36 Å². The van der Waals surface area contributed by atoms with Crippen LogP contribution < -0.4 is 19.9 Å². The van der Waals surface area contributed by atoms with Crippen molar-refractivity contribution in [2.45, 2.75) is 197 Å². The number of hydrogen-bond donors (Lipinski definition) is 18. The zero-order chi connectivity index (χ0) is 60.4. The molecule has 0 radical (unpaired) electrons. The first kappa shape index (κ1) is 70.2. The summed E-state index contributed by atoms with van der Waals surface area (Å²) in [7, 11) is -6.80. The van der Waals surface area contributed by atoms with Crippen LogP contribution in [-0.4, -0.2) is 328 Å². The van der Waals surface area contributed by atoms with Gasteiger partial charge in [0.1, 0.15) is 146 Å². The number of aliphatic hydroxyl groups is 17. The van der Waals surface area contributed by atoms with E-state index < -0.39 is 259 Å². The Kier molecular flexibility index (Phi) is 27.6. The number of carbonyl (C=O) groups is 1. The first-order chi connectivity index (χ1) is 38.1. The van der Waals surface area contributed by atoms with Crippen LogP contribution in [0, 0.1) is 0 Å². The fraction of sp³-hybridized carbons (Fsp3) is 0.975. The quantitative estimate of drug-likeness (QED) is 0.0185. The molecule has 6 heterocycles. The molecular formula is C40H66O39P2-4. The molecule has 6 rings (SSSR count). The molecule has 41 heteroatoms. The predicted molar refractivity (Wildman–Crippen MR) is 233 cm³/mol. The van der Waals surface area contributed by atoms with Crippen molar-refractivity contribution in [3.05, 3.63) is 0 Å². The van der Waals surface area contributed by atoms with Gasteiger partial charge in [0, 0.05) is 6.42 Å². The van der Waals surface area contributed by atoms with Crippen molar-refractivity contribution in [1.29, 1.82) is 0 Å². The van der Waals surface area contributed by atoms with E-state index in [-0.39, 0.29) is 6.42 Å². The molecule has 0 bridgehead atoms. The Balaban J connectivity index is 0.00000392. The number of ether oxygens (including phenoxy) is 12. The maximum atomic E-state index is 11.7. The maximum absolute atomic E-state index is 11.7. The second-order valence-corrected chi connectivity index (χ2v) is 20.2. The summed E-state index contributed by atoms with van der Waals surface area (Å²) in [4.78, 5) is 45.6. The number of rotatable bonds is 24.